The molecule has 0 atom stereocenters. The van der Waals surface area contributed by atoms with Crippen molar-refractivity contribution in [2.75, 3.05) is 11.4 Å². The van der Waals surface area contributed by atoms with Gasteiger partial charge in [0.25, 0.3) is 0 Å². The van der Waals surface area contributed by atoms with Crippen molar-refractivity contribution in [2.45, 2.75) is 52.7 Å². The number of anilines is 1. The molecule has 0 aliphatic heterocycles. The molecule has 0 saturated heterocycles. The maximum atomic E-state index is 9.00. The molecule has 1 rings (SSSR count). The number of unbranched alkanes of at least 4 members (excludes halogenated alkanes) is 2. The fourth-order valence-corrected chi connectivity index (χ4v) is 1.85. The molecule has 1 aromatic rings. The second-order valence-corrected chi connectivity index (χ2v) is 4.68. The Morgan fingerprint density at radius 2 is 2.06 bits per heavy atom. The maximum absolute atomic E-state index is 9.00. The monoisotopic (exact) mass is 236 g/mol. The summed E-state index contributed by atoms with van der Waals surface area (Å²) in [7, 11) is 0. The van der Waals surface area contributed by atoms with Gasteiger partial charge in [0.15, 0.2) is 0 Å². The van der Waals surface area contributed by atoms with Crippen LogP contribution in [-0.2, 0) is 6.61 Å². The average Bonchev–Trinajstić information content (AvgIpc) is 2.34. The molecular weight excluding hydrogens is 212 g/mol. The van der Waals surface area contributed by atoms with Gasteiger partial charge < -0.3 is 10.0 Å². The molecule has 0 bridgehead atoms. The molecule has 1 heterocycles. The highest BCUT2D eigenvalue weighted by Gasteiger charge is 2.10. The fraction of sp³-hybridized carbons (Fsp3) is 0.643. The molecule has 3 heteroatoms. The van der Waals surface area contributed by atoms with Crippen molar-refractivity contribution < 1.29 is 5.11 Å². The number of hydrogen-bond donors (Lipinski definition) is 1. The van der Waals surface area contributed by atoms with Gasteiger partial charge in [0, 0.05) is 18.8 Å². The zero-order valence-electron chi connectivity index (χ0n) is 11.2. The molecule has 0 unspecified atom stereocenters. The SMILES string of the molecule is CCCCCN(c1ccc(CO)cn1)C(C)C. The van der Waals surface area contributed by atoms with E-state index in [4.69, 9.17) is 5.11 Å². The molecule has 17 heavy (non-hydrogen) atoms. The number of pyridine rings is 1. The smallest absolute Gasteiger partial charge is 0.128 e. The molecule has 0 saturated carbocycles. The summed E-state index contributed by atoms with van der Waals surface area (Å²) in [5.74, 6) is 1.01. The molecule has 0 aliphatic rings. The van der Waals surface area contributed by atoms with Crippen molar-refractivity contribution in [3.63, 3.8) is 0 Å². The second kappa shape index (κ2) is 7.28. The van der Waals surface area contributed by atoms with E-state index in [-0.39, 0.29) is 6.61 Å². The molecular formula is C14H24N2O. The molecule has 0 amide bonds. The minimum Gasteiger partial charge on any atom is -0.392 e. The topological polar surface area (TPSA) is 36.4 Å². The third kappa shape index (κ3) is 4.35. The van der Waals surface area contributed by atoms with Gasteiger partial charge in [-0.25, -0.2) is 4.98 Å². The first-order valence-corrected chi connectivity index (χ1v) is 6.51. The quantitative estimate of drug-likeness (QED) is 0.739. The van der Waals surface area contributed by atoms with Crippen molar-refractivity contribution in [1.82, 2.24) is 4.98 Å². The molecule has 1 aromatic heterocycles. The minimum absolute atomic E-state index is 0.0603. The predicted octanol–water partition coefficient (Wildman–Crippen LogP) is 2.98. The van der Waals surface area contributed by atoms with E-state index in [9.17, 15) is 0 Å². The van der Waals surface area contributed by atoms with Crippen LogP contribution in [0.5, 0.6) is 0 Å². The lowest BCUT2D eigenvalue weighted by Gasteiger charge is -2.28. The van der Waals surface area contributed by atoms with E-state index in [1.807, 2.05) is 12.1 Å². The third-order valence-corrected chi connectivity index (χ3v) is 2.91. The number of aromatic nitrogens is 1. The lowest BCUT2D eigenvalue weighted by atomic mass is 10.2. The van der Waals surface area contributed by atoms with Crippen molar-refractivity contribution in [3.05, 3.63) is 23.9 Å². The van der Waals surface area contributed by atoms with Crippen LogP contribution in [0.1, 0.15) is 45.6 Å². The Kier molecular flexibility index (Phi) is 5.98. The van der Waals surface area contributed by atoms with Crippen molar-refractivity contribution in [3.8, 4) is 0 Å². The number of aliphatic hydroxyl groups excluding tert-OH is 1. The Bertz CT molecular complexity index is 309. The Hall–Kier alpha value is -1.09. The van der Waals surface area contributed by atoms with Crippen LogP contribution < -0.4 is 4.90 Å². The maximum Gasteiger partial charge on any atom is 0.128 e. The summed E-state index contributed by atoms with van der Waals surface area (Å²) >= 11 is 0. The normalized spacial score (nSPS) is 10.9. The van der Waals surface area contributed by atoms with Gasteiger partial charge in [0.2, 0.25) is 0 Å². The first kappa shape index (κ1) is 14.0. The van der Waals surface area contributed by atoms with Crippen LogP contribution in [-0.4, -0.2) is 22.7 Å². The first-order chi connectivity index (χ1) is 8.19. The summed E-state index contributed by atoms with van der Waals surface area (Å²) in [4.78, 5) is 6.73. The molecule has 96 valence electrons. The summed E-state index contributed by atoms with van der Waals surface area (Å²) in [6.07, 6.45) is 5.46. The predicted molar refractivity (Wildman–Crippen MR) is 72.2 cm³/mol. The Morgan fingerprint density at radius 1 is 1.29 bits per heavy atom. The van der Waals surface area contributed by atoms with Gasteiger partial charge in [-0.3, -0.25) is 0 Å². The Balaban J connectivity index is 2.68. The van der Waals surface area contributed by atoms with Crippen molar-refractivity contribution >= 4 is 5.82 Å². The summed E-state index contributed by atoms with van der Waals surface area (Å²) in [6, 6.07) is 4.40. The highest BCUT2D eigenvalue weighted by atomic mass is 16.3. The first-order valence-electron chi connectivity index (χ1n) is 6.51. The van der Waals surface area contributed by atoms with E-state index < -0.39 is 0 Å². The lowest BCUT2D eigenvalue weighted by molar-refractivity contribution is 0.281. The molecule has 0 radical (unpaired) electrons. The average molecular weight is 236 g/mol. The minimum atomic E-state index is 0.0603. The number of nitrogens with zero attached hydrogens (tertiary/aromatic N) is 2. The van der Waals surface area contributed by atoms with E-state index >= 15 is 0 Å². The number of rotatable bonds is 7. The van der Waals surface area contributed by atoms with Gasteiger partial charge in [-0.15, -0.1) is 0 Å². The lowest BCUT2D eigenvalue weighted by Crippen LogP contribution is -2.32. The van der Waals surface area contributed by atoms with Gasteiger partial charge in [-0.1, -0.05) is 25.8 Å². The van der Waals surface area contributed by atoms with Crippen LogP contribution in [0.25, 0.3) is 0 Å². The van der Waals surface area contributed by atoms with Crippen LogP contribution in [0.15, 0.2) is 18.3 Å². The summed E-state index contributed by atoms with van der Waals surface area (Å²) < 4.78 is 0. The molecule has 0 aromatic carbocycles. The summed E-state index contributed by atoms with van der Waals surface area (Å²) in [5, 5.41) is 9.00. The van der Waals surface area contributed by atoms with Crippen molar-refractivity contribution in [2.24, 2.45) is 0 Å². The molecule has 0 fully saturated rings. The summed E-state index contributed by atoms with van der Waals surface area (Å²) in [6.45, 7) is 7.71. The standard InChI is InChI=1S/C14H24N2O/c1-4-5-6-9-16(12(2)3)14-8-7-13(11-17)10-15-14/h7-8,10,12,17H,4-6,9,11H2,1-3H3. The van der Waals surface area contributed by atoms with Crippen LogP contribution in [0.3, 0.4) is 0 Å². The van der Waals surface area contributed by atoms with E-state index in [0.29, 0.717) is 6.04 Å². The van der Waals surface area contributed by atoms with Crippen LogP contribution in [0, 0.1) is 0 Å². The molecule has 3 nitrogen and oxygen atoms in total. The van der Waals surface area contributed by atoms with Crippen LogP contribution in [0.2, 0.25) is 0 Å². The zero-order chi connectivity index (χ0) is 12.7. The van der Waals surface area contributed by atoms with Gasteiger partial charge >= 0.3 is 0 Å². The zero-order valence-corrected chi connectivity index (χ0v) is 11.2. The highest BCUT2D eigenvalue weighted by molar-refractivity contribution is 5.40. The van der Waals surface area contributed by atoms with Crippen LogP contribution >= 0.6 is 0 Å². The van der Waals surface area contributed by atoms with Gasteiger partial charge in [-0.2, -0.15) is 0 Å². The molecule has 1 N–H and O–H groups in total. The Labute approximate surface area is 104 Å². The van der Waals surface area contributed by atoms with Crippen molar-refractivity contribution in [1.29, 1.82) is 0 Å². The Morgan fingerprint density at radius 3 is 2.53 bits per heavy atom. The van der Waals surface area contributed by atoms with Gasteiger partial charge in [-0.05, 0) is 31.9 Å². The molecule has 0 aliphatic carbocycles. The highest BCUT2D eigenvalue weighted by Crippen LogP contribution is 2.15. The second-order valence-electron chi connectivity index (χ2n) is 4.68. The van der Waals surface area contributed by atoms with Crippen LogP contribution in [0.4, 0.5) is 5.82 Å². The van der Waals surface area contributed by atoms with E-state index in [0.717, 1.165) is 17.9 Å². The van der Waals surface area contributed by atoms with Gasteiger partial charge in [0.1, 0.15) is 5.82 Å². The van der Waals surface area contributed by atoms with Gasteiger partial charge in [0.05, 0.1) is 6.61 Å². The van der Waals surface area contributed by atoms with E-state index in [1.165, 1.54) is 19.3 Å². The fourth-order valence-electron chi connectivity index (χ4n) is 1.85. The third-order valence-electron chi connectivity index (χ3n) is 2.91. The summed E-state index contributed by atoms with van der Waals surface area (Å²) in [5.41, 5.74) is 0.867. The number of hydrogen-bond acceptors (Lipinski definition) is 3. The van der Waals surface area contributed by atoms with E-state index in [2.05, 4.69) is 30.7 Å². The largest absolute Gasteiger partial charge is 0.392 e. The van der Waals surface area contributed by atoms with E-state index in [1.54, 1.807) is 6.20 Å². The molecule has 0 spiro atoms. The number of aliphatic hydroxyl groups is 1.